The van der Waals surface area contributed by atoms with Crippen molar-refractivity contribution < 1.29 is 24.2 Å². The van der Waals surface area contributed by atoms with Gasteiger partial charge in [-0.3, -0.25) is 9.59 Å². The van der Waals surface area contributed by atoms with Crippen molar-refractivity contribution in [2.75, 3.05) is 7.05 Å². The Hall–Kier alpha value is -4.13. The van der Waals surface area contributed by atoms with Crippen LogP contribution in [0, 0.1) is 0 Å². The number of ether oxygens (including phenoxy) is 1. The molecule has 2 amide bonds. The third kappa shape index (κ3) is 8.58. The highest BCUT2D eigenvalue weighted by molar-refractivity contribution is 5.77. The number of hydrogen-bond donors (Lipinski definition) is 1. The van der Waals surface area contributed by atoms with Gasteiger partial charge < -0.3 is 19.6 Å². The Morgan fingerprint density at radius 2 is 1.25 bits per heavy atom. The summed E-state index contributed by atoms with van der Waals surface area (Å²) >= 11 is 0. The van der Waals surface area contributed by atoms with E-state index in [1.54, 1.807) is 4.90 Å². The van der Waals surface area contributed by atoms with E-state index in [1.165, 1.54) is 11.9 Å². The summed E-state index contributed by atoms with van der Waals surface area (Å²) < 4.78 is 5.36. The standard InChI is InChI=1S/C29H32N2O5/c1-30(29(35)36-22-25-15-9-4-10-16-25)26(19-28(33)34)17-18-27(32)31(20-23-11-5-2-6-12-23)21-24-13-7-3-8-14-24/h2-16,26H,17-22H2,1H3,(H,33,34)/t26-/m0/s1. The number of amides is 2. The van der Waals surface area contributed by atoms with Gasteiger partial charge in [-0.2, -0.15) is 0 Å². The Labute approximate surface area is 211 Å². The van der Waals surface area contributed by atoms with Crippen molar-refractivity contribution in [1.29, 1.82) is 0 Å². The van der Waals surface area contributed by atoms with Gasteiger partial charge in [-0.25, -0.2) is 4.79 Å². The zero-order valence-corrected chi connectivity index (χ0v) is 20.5. The van der Waals surface area contributed by atoms with Gasteiger partial charge in [-0.1, -0.05) is 91.0 Å². The maximum absolute atomic E-state index is 13.3. The topological polar surface area (TPSA) is 87.2 Å². The van der Waals surface area contributed by atoms with Crippen LogP contribution in [0.25, 0.3) is 0 Å². The molecule has 0 aliphatic carbocycles. The molecule has 0 aliphatic rings. The second-order valence-corrected chi connectivity index (χ2v) is 8.66. The number of carbonyl (C=O) groups excluding carboxylic acids is 2. The molecule has 3 aromatic rings. The van der Waals surface area contributed by atoms with Crippen LogP contribution in [0.1, 0.15) is 36.0 Å². The average molecular weight is 489 g/mol. The molecule has 3 rings (SSSR count). The van der Waals surface area contributed by atoms with Crippen molar-refractivity contribution in [3.8, 4) is 0 Å². The van der Waals surface area contributed by atoms with E-state index < -0.39 is 18.1 Å². The monoisotopic (exact) mass is 488 g/mol. The van der Waals surface area contributed by atoms with Gasteiger partial charge in [-0.05, 0) is 23.1 Å². The maximum Gasteiger partial charge on any atom is 0.410 e. The molecule has 188 valence electrons. The molecule has 36 heavy (non-hydrogen) atoms. The molecule has 0 saturated carbocycles. The number of nitrogens with zero attached hydrogens (tertiary/aromatic N) is 2. The number of benzene rings is 3. The van der Waals surface area contributed by atoms with Crippen LogP contribution in [-0.2, 0) is 34.0 Å². The number of rotatable bonds is 12. The van der Waals surface area contributed by atoms with Crippen LogP contribution in [0.3, 0.4) is 0 Å². The van der Waals surface area contributed by atoms with Crippen molar-refractivity contribution >= 4 is 18.0 Å². The summed E-state index contributed by atoms with van der Waals surface area (Å²) in [5.74, 6) is -1.15. The highest BCUT2D eigenvalue weighted by atomic mass is 16.6. The fourth-order valence-corrected chi connectivity index (χ4v) is 3.89. The smallest absolute Gasteiger partial charge is 0.410 e. The molecule has 7 heteroatoms. The van der Waals surface area contributed by atoms with E-state index in [4.69, 9.17) is 4.74 Å². The Morgan fingerprint density at radius 1 is 0.778 bits per heavy atom. The lowest BCUT2D eigenvalue weighted by molar-refractivity contribution is -0.139. The first-order chi connectivity index (χ1) is 17.4. The van der Waals surface area contributed by atoms with E-state index in [1.807, 2.05) is 91.0 Å². The molecular weight excluding hydrogens is 456 g/mol. The van der Waals surface area contributed by atoms with Crippen LogP contribution >= 0.6 is 0 Å². The largest absolute Gasteiger partial charge is 0.481 e. The molecule has 0 bridgehead atoms. The van der Waals surface area contributed by atoms with Crippen LogP contribution in [0.2, 0.25) is 0 Å². The Morgan fingerprint density at radius 3 is 1.72 bits per heavy atom. The molecule has 1 atom stereocenters. The summed E-state index contributed by atoms with van der Waals surface area (Å²) in [6, 6.07) is 28.0. The van der Waals surface area contributed by atoms with E-state index in [0.29, 0.717) is 13.1 Å². The lowest BCUT2D eigenvalue weighted by Crippen LogP contribution is -2.40. The first kappa shape index (κ1) is 26.5. The molecule has 0 fully saturated rings. The molecule has 0 radical (unpaired) electrons. The lowest BCUT2D eigenvalue weighted by Gasteiger charge is -2.28. The highest BCUT2D eigenvalue weighted by Crippen LogP contribution is 2.17. The summed E-state index contributed by atoms with van der Waals surface area (Å²) in [5.41, 5.74) is 2.85. The number of carbonyl (C=O) groups is 3. The van der Waals surface area contributed by atoms with Crippen LogP contribution in [0.15, 0.2) is 91.0 Å². The molecule has 1 N–H and O–H groups in total. The quantitative estimate of drug-likeness (QED) is 0.383. The zero-order valence-electron chi connectivity index (χ0n) is 20.5. The van der Waals surface area contributed by atoms with Crippen molar-refractivity contribution in [3.05, 3.63) is 108 Å². The summed E-state index contributed by atoms with van der Waals surface area (Å²) in [6.07, 6.45) is -0.583. The summed E-state index contributed by atoms with van der Waals surface area (Å²) in [4.78, 5) is 40.4. The van der Waals surface area contributed by atoms with E-state index in [0.717, 1.165) is 16.7 Å². The van der Waals surface area contributed by atoms with Crippen molar-refractivity contribution in [3.63, 3.8) is 0 Å². The average Bonchev–Trinajstić information content (AvgIpc) is 2.90. The highest BCUT2D eigenvalue weighted by Gasteiger charge is 2.26. The molecule has 7 nitrogen and oxygen atoms in total. The van der Waals surface area contributed by atoms with Gasteiger partial charge in [0.2, 0.25) is 5.91 Å². The fourth-order valence-electron chi connectivity index (χ4n) is 3.89. The van der Waals surface area contributed by atoms with Gasteiger partial charge in [0.05, 0.1) is 6.42 Å². The second-order valence-electron chi connectivity index (χ2n) is 8.66. The number of carboxylic acids is 1. The second kappa shape index (κ2) is 13.7. The minimum atomic E-state index is -1.04. The molecule has 0 aromatic heterocycles. The molecule has 3 aromatic carbocycles. The predicted molar refractivity (Wildman–Crippen MR) is 137 cm³/mol. The summed E-state index contributed by atoms with van der Waals surface area (Å²) in [7, 11) is 1.51. The van der Waals surface area contributed by atoms with E-state index in [9.17, 15) is 19.5 Å². The van der Waals surface area contributed by atoms with Crippen molar-refractivity contribution in [2.45, 2.75) is 45.0 Å². The predicted octanol–water partition coefficient (Wildman–Crippen LogP) is 5.11. The Bertz CT molecular complexity index is 1060. The van der Waals surface area contributed by atoms with E-state index in [-0.39, 0.29) is 31.8 Å². The van der Waals surface area contributed by atoms with Crippen LogP contribution in [0.4, 0.5) is 4.79 Å². The van der Waals surface area contributed by atoms with Gasteiger partial charge in [0.25, 0.3) is 0 Å². The van der Waals surface area contributed by atoms with Gasteiger partial charge in [0.1, 0.15) is 6.61 Å². The number of carboxylic acid groups (broad SMARTS) is 1. The first-order valence-electron chi connectivity index (χ1n) is 11.9. The Kier molecular flexibility index (Phi) is 10.1. The van der Waals surface area contributed by atoms with Crippen molar-refractivity contribution in [1.82, 2.24) is 9.80 Å². The molecule has 0 unspecified atom stereocenters. The van der Waals surface area contributed by atoms with Gasteiger partial charge in [0, 0.05) is 32.6 Å². The van der Waals surface area contributed by atoms with Crippen molar-refractivity contribution in [2.24, 2.45) is 0 Å². The number of aliphatic carboxylic acids is 1. The number of hydrogen-bond acceptors (Lipinski definition) is 4. The summed E-state index contributed by atoms with van der Waals surface area (Å²) in [6.45, 7) is 0.963. The minimum Gasteiger partial charge on any atom is -0.481 e. The molecule has 0 saturated heterocycles. The minimum absolute atomic E-state index is 0.0880. The lowest BCUT2D eigenvalue weighted by atomic mass is 10.1. The van der Waals surface area contributed by atoms with Gasteiger partial charge in [-0.15, -0.1) is 0 Å². The first-order valence-corrected chi connectivity index (χ1v) is 11.9. The maximum atomic E-state index is 13.3. The SMILES string of the molecule is CN(C(=O)OCc1ccccc1)[C@@H](CCC(=O)N(Cc1ccccc1)Cc1ccccc1)CC(=O)O. The zero-order chi connectivity index (χ0) is 25.8. The summed E-state index contributed by atoms with van der Waals surface area (Å²) in [5, 5.41) is 9.41. The van der Waals surface area contributed by atoms with Gasteiger partial charge in [0.15, 0.2) is 0 Å². The van der Waals surface area contributed by atoms with E-state index >= 15 is 0 Å². The third-order valence-corrected chi connectivity index (χ3v) is 5.93. The van der Waals surface area contributed by atoms with Crippen LogP contribution in [-0.4, -0.2) is 46.0 Å². The Balaban J connectivity index is 1.64. The normalized spacial score (nSPS) is 11.4. The molecular formula is C29H32N2O5. The third-order valence-electron chi connectivity index (χ3n) is 5.93. The molecule has 0 heterocycles. The van der Waals surface area contributed by atoms with Gasteiger partial charge >= 0.3 is 12.1 Å². The van der Waals surface area contributed by atoms with Crippen LogP contribution in [0.5, 0.6) is 0 Å². The molecule has 0 spiro atoms. The van der Waals surface area contributed by atoms with Crippen LogP contribution < -0.4 is 0 Å². The fraction of sp³-hybridized carbons (Fsp3) is 0.276. The molecule has 0 aliphatic heterocycles. The van der Waals surface area contributed by atoms with E-state index in [2.05, 4.69) is 0 Å².